The number of rotatable bonds is 5. The fraction of sp³-hybridized carbons (Fsp3) is 0.467. The van der Waals surface area contributed by atoms with Crippen molar-refractivity contribution in [2.45, 2.75) is 42.9 Å². The van der Waals surface area contributed by atoms with Gasteiger partial charge in [0.05, 0.1) is 11.3 Å². The maximum Gasteiger partial charge on any atom is 0.246 e. The normalized spacial score (nSPS) is 17.9. The molecular formula is C15H19N3OS. The molecule has 1 aromatic carbocycles. The molecule has 0 amide bonds. The van der Waals surface area contributed by atoms with Crippen LogP contribution in [0.2, 0.25) is 0 Å². The van der Waals surface area contributed by atoms with Crippen molar-refractivity contribution in [1.29, 1.82) is 0 Å². The highest BCUT2D eigenvalue weighted by Crippen LogP contribution is 2.43. The van der Waals surface area contributed by atoms with Gasteiger partial charge in [0.2, 0.25) is 5.89 Å². The van der Waals surface area contributed by atoms with E-state index < -0.39 is 5.54 Å². The molecule has 3 rings (SSSR count). The second-order valence-corrected chi connectivity index (χ2v) is 6.64. The summed E-state index contributed by atoms with van der Waals surface area (Å²) in [6.45, 7) is 4.09. The maximum atomic E-state index is 6.29. The molecule has 20 heavy (non-hydrogen) atoms. The molecule has 1 saturated carbocycles. The van der Waals surface area contributed by atoms with E-state index in [1.54, 1.807) is 11.8 Å². The molecule has 1 aliphatic rings. The Morgan fingerprint density at radius 3 is 2.85 bits per heavy atom. The number of hydrogen-bond acceptors (Lipinski definition) is 5. The third kappa shape index (κ3) is 2.74. The van der Waals surface area contributed by atoms with E-state index in [2.05, 4.69) is 29.2 Å². The lowest BCUT2D eigenvalue weighted by molar-refractivity contribution is 0.272. The number of hydrogen-bond donors (Lipinski definition) is 1. The Morgan fingerprint density at radius 2 is 2.15 bits per heavy atom. The molecule has 0 saturated heterocycles. The van der Waals surface area contributed by atoms with E-state index in [-0.39, 0.29) is 0 Å². The monoisotopic (exact) mass is 289 g/mol. The molecule has 5 heteroatoms. The largest absolute Gasteiger partial charge is 0.337 e. The van der Waals surface area contributed by atoms with Crippen molar-refractivity contribution >= 4 is 11.8 Å². The summed E-state index contributed by atoms with van der Waals surface area (Å²) in [5.74, 6) is 2.47. The topological polar surface area (TPSA) is 64.9 Å². The van der Waals surface area contributed by atoms with Crippen molar-refractivity contribution in [3.63, 3.8) is 0 Å². The van der Waals surface area contributed by atoms with E-state index in [0.29, 0.717) is 23.4 Å². The van der Waals surface area contributed by atoms with E-state index >= 15 is 0 Å². The van der Waals surface area contributed by atoms with Crippen molar-refractivity contribution in [3.05, 3.63) is 41.5 Å². The highest BCUT2D eigenvalue weighted by atomic mass is 32.2. The summed E-state index contributed by atoms with van der Waals surface area (Å²) in [6, 6.07) is 8.30. The lowest BCUT2D eigenvalue weighted by Crippen LogP contribution is -2.35. The van der Waals surface area contributed by atoms with Gasteiger partial charge in [-0.2, -0.15) is 4.98 Å². The second-order valence-electron chi connectivity index (χ2n) is 5.63. The maximum absolute atomic E-state index is 6.29. The minimum atomic E-state index is -0.474. The summed E-state index contributed by atoms with van der Waals surface area (Å²) in [5, 5.41) is 4.05. The first-order valence-electron chi connectivity index (χ1n) is 6.88. The molecule has 0 spiro atoms. The van der Waals surface area contributed by atoms with Gasteiger partial charge in [-0.3, -0.25) is 0 Å². The lowest BCUT2D eigenvalue weighted by Gasteiger charge is -2.18. The highest BCUT2D eigenvalue weighted by molar-refractivity contribution is 7.98. The lowest BCUT2D eigenvalue weighted by atomic mass is 9.97. The van der Waals surface area contributed by atoms with Crippen LogP contribution in [0.3, 0.4) is 0 Å². The summed E-state index contributed by atoms with van der Waals surface area (Å²) < 4.78 is 5.35. The molecule has 0 radical (unpaired) electrons. The number of nitrogens with zero attached hydrogens (tertiary/aromatic N) is 2. The average molecular weight is 289 g/mol. The Kier molecular flexibility index (Phi) is 3.56. The number of thioether (sulfide) groups is 1. The van der Waals surface area contributed by atoms with Crippen LogP contribution in [0.4, 0.5) is 0 Å². The average Bonchev–Trinajstić information content (AvgIpc) is 3.18. The predicted molar refractivity (Wildman–Crippen MR) is 79.3 cm³/mol. The zero-order valence-corrected chi connectivity index (χ0v) is 12.6. The predicted octanol–water partition coefficient (Wildman–Crippen LogP) is 3.25. The van der Waals surface area contributed by atoms with Gasteiger partial charge in [0, 0.05) is 4.90 Å². The molecule has 2 aromatic rings. The molecule has 1 fully saturated rings. The van der Waals surface area contributed by atoms with E-state index in [9.17, 15) is 0 Å². The molecule has 4 nitrogen and oxygen atoms in total. The Hall–Kier alpha value is -1.33. The molecular weight excluding hydrogens is 270 g/mol. The van der Waals surface area contributed by atoms with Crippen LogP contribution in [0.15, 0.2) is 33.7 Å². The molecule has 106 valence electrons. The van der Waals surface area contributed by atoms with Gasteiger partial charge in [0.1, 0.15) is 0 Å². The van der Waals surface area contributed by atoms with Gasteiger partial charge in [-0.05, 0) is 44.2 Å². The van der Waals surface area contributed by atoms with Gasteiger partial charge in [-0.25, -0.2) is 0 Å². The van der Waals surface area contributed by atoms with E-state index in [1.807, 2.05) is 19.1 Å². The SMILES string of the molecule is Cc1ccccc1SCc1noc(C(C)(N)C2CC2)n1. The van der Waals surface area contributed by atoms with Crippen molar-refractivity contribution in [3.8, 4) is 0 Å². The van der Waals surface area contributed by atoms with E-state index in [4.69, 9.17) is 10.3 Å². The number of aromatic nitrogens is 2. The quantitative estimate of drug-likeness (QED) is 0.856. The van der Waals surface area contributed by atoms with Crippen molar-refractivity contribution in [2.75, 3.05) is 0 Å². The Bertz CT molecular complexity index is 605. The minimum absolute atomic E-state index is 0.474. The van der Waals surface area contributed by atoms with Crippen molar-refractivity contribution in [2.24, 2.45) is 11.7 Å². The standard InChI is InChI=1S/C15H19N3OS/c1-10-5-3-4-6-12(10)20-9-13-17-14(19-18-13)15(2,16)11-7-8-11/h3-6,11H,7-9,16H2,1-2H3. The van der Waals surface area contributed by atoms with Gasteiger partial charge < -0.3 is 10.3 Å². The third-order valence-corrected chi connectivity index (χ3v) is 4.98. The van der Waals surface area contributed by atoms with Gasteiger partial charge in [-0.15, -0.1) is 11.8 Å². The first-order valence-corrected chi connectivity index (χ1v) is 7.86. The van der Waals surface area contributed by atoms with Crippen LogP contribution >= 0.6 is 11.8 Å². The first-order chi connectivity index (χ1) is 9.57. The summed E-state index contributed by atoms with van der Waals surface area (Å²) >= 11 is 1.72. The summed E-state index contributed by atoms with van der Waals surface area (Å²) in [4.78, 5) is 5.71. The van der Waals surface area contributed by atoms with Crippen LogP contribution in [0, 0.1) is 12.8 Å². The fourth-order valence-corrected chi connectivity index (χ4v) is 3.12. The Morgan fingerprint density at radius 1 is 1.40 bits per heavy atom. The van der Waals surface area contributed by atoms with Crippen LogP contribution in [-0.2, 0) is 11.3 Å². The minimum Gasteiger partial charge on any atom is -0.337 e. The number of nitrogens with two attached hydrogens (primary N) is 1. The molecule has 0 aliphatic heterocycles. The molecule has 1 aromatic heterocycles. The van der Waals surface area contributed by atoms with Crippen LogP contribution in [0.25, 0.3) is 0 Å². The molecule has 1 aliphatic carbocycles. The van der Waals surface area contributed by atoms with Crippen LogP contribution < -0.4 is 5.73 Å². The van der Waals surface area contributed by atoms with E-state index in [0.717, 1.165) is 12.8 Å². The summed E-state index contributed by atoms with van der Waals surface area (Å²) in [5.41, 5.74) is 7.08. The van der Waals surface area contributed by atoms with Crippen molar-refractivity contribution < 1.29 is 4.52 Å². The smallest absolute Gasteiger partial charge is 0.246 e. The molecule has 2 N–H and O–H groups in total. The number of benzene rings is 1. The van der Waals surface area contributed by atoms with Crippen LogP contribution in [-0.4, -0.2) is 10.1 Å². The van der Waals surface area contributed by atoms with Crippen molar-refractivity contribution in [1.82, 2.24) is 10.1 Å². The summed E-state index contributed by atoms with van der Waals surface area (Å²) in [7, 11) is 0. The Labute approximate surface area is 123 Å². The molecule has 1 atom stereocenters. The second kappa shape index (κ2) is 5.22. The van der Waals surface area contributed by atoms with Crippen LogP contribution in [0.5, 0.6) is 0 Å². The number of aryl methyl sites for hydroxylation is 1. The van der Waals surface area contributed by atoms with Gasteiger partial charge in [0.25, 0.3) is 0 Å². The first kappa shape index (κ1) is 13.6. The zero-order chi connectivity index (χ0) is 14.2. The molecule has 1 heterocycles. The molecule has 1 unspecified atom stereocenters. The van der Waals surface area contributed by atoms with Crippen LogP contribution in [0.1, 0.15) is 37.0 Å². The zero-order valence-electron chi connectivity index (χ0n) is 11.8. The molecule has 0 bridgehead atoms. The van der Waals surface area contributed by atoms with Gasteiger partial charge in [0.15, 0.2) is 5.82 Å². The third-order valence-electron chi connectivity index (χ3n) is 3.80. The Balaban J connectivity index is 1.67. The summed E-state index contributed by atoms with van der Waals surface area (Å²) in [6.07, 6.45) is 2.31. The fourth-order valence-electron chi connectivity index (χ4n) is 2.25. The van der Waals surface area contributed by atoms with Gasteiger partial charge >= 0.3 is 0 Å². The van der Waals surface area contributed by atoms with E-state index in [1.165, 1.54) is 10.5 Å². The highest BCUT2D eigenvalue weighted by Gasteiger charge is 2.43. The van der Waals surface area contributed by atoms with Gasteiger partial charge in [-0.1, -0.05) is 23.4 Å².